The van der Waals surface area contributed by atoms with Crippen LogP contribution in [0.2, 0.25) is 0 Å². The van der Waals surface area contributed by atoms with E-state index in [0.717, 1.165) is 16.5 Å². The van der Waals surface area contributed by atoms with E-state index in [9.17, 15) is 4.79 Å². The minimum absolute atomic E-state index is 0.249. The van der Waals surface area contributed by atoms with Crippen molar-refractivity contribution in [3.05, 3.63) is 77.6 Å². The van der Waals surface area contributed by atoms with Gasteiger partial charge in [-0.25, -0.2) is 5.43 Å². The SMILES string of the molecule is CC(=Cc1ccccc1)C(=O)NN=Cc1cc2ccccc2o1. The molecule has 0 saturated heterocycles. The number of hydrazone groups is 1. The second kappa shape index (κ2) is 6.75. The van der Waals surface area contributed by atoms with Crippen LogP contribution in [0, 0.1) is 0 Å². The van der Waals surface area contributed by atoms with Gasteiger partial charge in [0.2, 0.25) is 0 Å². The van der Waals surface area contributed by atoms with E-state index < -0.39 is 0 Å². The number of hydrogen-bond acceptors (Lipinski definition) is 3. The summed E-state index contributed by atoms with van der Waals surface area (Å²) >= 11 is 0. The van der Waals surface area contributed by atoms with Gasteiger partial charge in [0.1, 0.15) is 11.3 Å². The smallest absolute Gasteiger partial charge is 0.267 e. The van der Waals surface area contributed by atoms with Crippen LogP contribution in [-0.2, 0) is 4.79 Å². The molecule has 0 spiro atoms. The number of fused-ring (bicyclic) bond motifs is 1. The first-order valence-electron chi connectivity index (χ1n) is 7.28. The molecule has 4 heteroatoms. The summed E-state index contributed by atoms with van der Waals surface area (Å²) in [6.45, 7) is 1.75. The molecule has 4 nitrogen and oxygen atoms in total. The molecule has 0 bridgehead atoms. The lowest BCUT2D eigenvalue weighted by Gasteiger charge is -1.99. The Morgan fingerprint density at radius 2 is 1.83 bits per heavy atom. The largest absolute Gasteiger partial charge is 0.455 e. The van der Waals surface area contributed by atoms with Crippen LogP contribution in [0.1, 0.15) is 18.2 Å². The van der Waals surface area contributed by atoms with E-state index in [0.29, 0.717) is 11.3 Å². The third-order valence-corrected chi connectivity index (χ3v) is 3.34. The molecule has 0 aliphatic rings. The molecule has 1 aromatic heterocycles. The van der Waals surface area contributed by atoms with E-state index in [-0.39, 0.29) is 5.91 Å². The van der Waals surface area contributed by atoms with Crippen LogP contribution >= 0.6 is 0 Å². The Kier molecular flexibility index (Phi) is 4.34. The molecule has 1 heterocycles. The van der Waals surface area contributed by atoms with E-state index in [4.69, 9.17) is 4.42 Å². The zero-order valence-electron chi connectivity index (χ0n) is 12.7. The normalized spacial score (nSPS) is 12.0. The number of nitrogens with zero attached hydrogens (tertiary/aromatic N) is 1. The number of carbonyl (C=O) groups excluding carboxylic acids is 1. The van der Waals surface area contributed by atoms with Crippen molar-refractivity contribution in [2.45, 2.75) is 6.92 Å². The van der Waals surface area contributed by atoms with Crippen molar-refractivity contribution in [3.63, 3.8) is 0 Å². The van der Waals surface area contributed by atoms with Crippen LogP contribution in [0.3, 0.4) is 0 Å². The first-order valence-corrected chi connectivity index (χ1v) is 7.28. The zero-order chi connectivity index (χ0) is 16.1. The maximum Gasteiger partial charge on any atom is 0.267 e. The highest BCUT2D eigenvalue weighted by molar-refractivity contribution is 5.97. The van der Waals surface area contributed by atoms with E-state index in [2.05, 4.69) is 10.5 Å². The van der Waals surface area contributed by atoms with Crippen molar-refractivity contribution < 1.29 is 9.21 Å². The van der Waals surface area contributed by atoms with Gasteiger partial charge in [-0.2, -0.15) is 5.10 Å². The maximum absolute atomic E-state index is 12.0. The first kappa shape index (κ1) is 14.8. The second-order valence-corrected chi connectivity index (χ2v) is 5.12. The molecule has 0 saturated carbocycles. The van der Waals surface area contributed by atoms with Gasteiger partial charge in [0.25, 0.3) is 5.91 Å². The van der Waals surface area contributed by atoms with Crippen molar-refractivity contribution in [3.8, 4) is 0 Å². The van der Waals surface area contributed by atoms with Gasteiger partial charge < -0.3 is 4.42 Å². The van der Waals surface area contributed by atoms with Crippen LogP contribution in [0.25, 0.3) is 17.0 Å². The number of rotatable bonds is 4. The standard InChI is InChI=1S/C19H16N2O2/c1-14(11-15-7-3-2-4-8-15)19(22)21-20-13-17-12-16-9-5-6-10-18(16)23-17/h2-13H,1H3,(H,21,22). The number of carbonyl (C=O) groups is 1. The van der Waals surface area contributed by atoms with E-state index >= 15 is 0 Å². The molecule has 114 valence electrons. The van der Waals surface area contributed by atoms with E-state index in [1.54, 1.807) is 6.92 Å². The Balaban J connectivity index is 1.65. The van der Waals surface area contributed by atoms with Gasteiger partial charge in [-0.1, -0.05) is 48.5 Å². The van der Waals surface area contributed by atoms with Crippen molar-refractivity contribution in [2.24, 2.45) is 5.10 Å². The Bertz CT molecular complexity index is 844. The minimum atomic E-state index is -0.249. The van der Waals surface area contributed by atoms with Crippen molar-refractivity contribution in [2.75, 3.05) is 0 Å². The summed E-state index contributed by atoms with van der Waals surface area (Å²) in [4.78, 5) is 12.0. The van der Waals surface area contributed by atoms with Crippen LogP contribution in [0.4, 0.5) is 0 Å². The van der Waals surface area contributed by atoms with Gasteiger partial charge in [0.05, 0.1) is 6.21 Å². The molecule has 3 aromatic rings. The fraction of sp³-hybridized carbons (Fsp3) is 0.0526. The van der Waals surface area contributed by atoms with Gasteiger partial charge in [-0.05, 0) is 30.7 Å². The van der Waals surface area contributed by atoms with E-state index in [1.807, 2.05) is 66.7 Å². The summed E-state index contributed by atoms with van der Waals surface area (Å²) in [6, 6.07) is 19.2. The second-order valence-electron chi connectivity index (χ2n) is 5.12. The lowest BCUT2D eigenvalue weighted by Crippen LogP contribution is -2.18. The molecule has 0 atom stereocenters. The molecular formula is C19H16N2O2. The Morgan fingerprint density at radius 1 is 1.09 bits per heavy atom. The van der Waals surface area contributed by atoms with Crippen LogP contribution in [0.5, 0.6) is 0 Å². The van der Waals surface area contributed by atoms with Gasteiger partial charge in [0.15, 0.2) is 0 Å². The predicted molar refractivity (Wildman–Crippen MR) is 92.0 cm³/mol. The highest BCUT2D eigenvalue weighted by Crippen LogP contribution is 2.17. The molecule has 1 amide bonds. The fourth-order valence-electron chi connectivity index (χ4n) is 2.17. The third kappa shape index (κ3) is 3.74. The van der Waals surface area contributed by atoms with Crippen molar-refractivity contribution >= 4 is 29.2 Å². The molecule has 0 aliphatic heterocycles. The molecule has 0 aliphatic carbocycles. The number of hydrogen-bond donors (Lipinski definition) is 1. The number of para-hydroxylation sites is 1. The molecule has 23 heavy (non-hydrogen) atoms. The molecule has 1 N–H and O–H groups in total. The van der Waals surface area contributed by atoms with Gasteiger partial charge in [0, 0.05) is 11.0 Å². The lowest BCUT2D eigenvalue weighted by atomic mass is 10.1. The number of amides is 1. The third-order valence-electron chi connectivity index (χ3n) is 3.34. The topological polar surface area (TPSA) is 54.6 Å². The first-order chi connectivity index (χ1) is 11.2. The monoisotopic (exact) mass is 304 g/mol. The lowest BCUT2D eigenvalue weighted by molar-refractivity contribution is -0.117. The summed E-state index contributed by atoms with van der Waals surface area (Å²) in [6.07, 6.45) is 3.31. The quantitative estimate of drug-likeness (QED) is 0.450. The molecular weight excluding hydrogens is 288 g/mol. The summed E-state index contributed by atoms with van der Waals surface area (Å²) in [7, 11) is 0. The van der Waals surface area contributed by atoms with Gasteiger partial charge >= 0.3 is 0 Å². The zero-order valence-corrected chi connectivity index (χ0v) is 12.7. The fourth-order valence-corrected chi connectivity index (χ4v) is 2.17. The Hall–Kier alpha value is -3.14. The summed E-state index contributed by atoms with van der Waals surface area (Å²) in [5, 5.41) is 4.94. The van der Waals surface area contributed by atoms with Crippen LogP contribution < -0.4 is 5.43 Å². The maximum atomic E-state index is 12.0. The average Bonchev–Trinajstić information content (AvgIpc) is 2.98. The van der Waals surface area contributed by atoms with E-state index in [1.165, 1.54) is 6.21 Å². The Morgan fingerprint density at radius 3 is 2.61 bits per heavy atom. The van der Waals surface area contributed by atoms with Gasteiger partial charge in [-0.15, -0.1) is 0 Å². The Labute approximate surface area is 134 Å². The molecule has 3 rings (SSSR count). The number of furan rings is 1. The molecule has 0 fully saturated rings. The number of benzene rings is 2. The number of nitrogens with one attached hydrogen (secondary N) is 1. The van der Waals surface area contributed by atoms with Crippen molar-refractivity contribution in [1.29, 1.82) is 0 Å². The summed E-state index contributed by atoms with van der Waals surface area (Å²) < 4.78 is 5.59. The van der Waals surface area contributed by atoms with Gasteiger partial charge in [-0.3, -0.25) is 4.79 Å². The molecule has 0 radical (unpaired) electrons. The summed E-state index contributed by atoms with van der Waals surface area (Å²) in [5.41, 5.74) is 4.84. The summed E-state index contributed by atoms with van der Waals surface area (Å²) in [5.74, 6) is 0.345. The average molecular weight is 304 g/mol. The highest BCUT2D eigenvalue weighted by atomic mass is 16.3. The molecule has 0 unspecified atom stereocenters. The minimum Gasteiger partial charge on any atom is -0.455 e. The van der Waals surface area contributed by atoms with Crippen molar-refractivity contribution in [1.82, 2.24) is 5.43 Å². The van der Waals surface area contributed by atoms with Crippen LogP contribution in [-0.4, -0.2) is 12.1 Å². The molecule has 2 aromatic carbocycles. The van der Waals surface area contributed by atoms with Crippen LogP contribution in [0.15, 0.2) is 75.8 Å². The predicted octanol–water partition coefficient (Wildman–Crippen LogP) is 3.99. The highest BCUT2D eigenvalue weighted by Gasteiger charge is 2.03.